The molecule has 1 N–H and O–H groups in total. The summed E-state index contributed by atoms with van der Waals surface area (Å²) in [5, 5.41) is 10.0. The fraction of sp³-hybridized carbons (Fsp3) is 0.538. The molecule has 0 radical (unpaired) electrons. The van der Waals surface area contributed by atoms with E-state index in [0.29, 0.717) is 6.42 Å². The first-order valence-corrected chi connectivity index (χ1v) is 8.14. The molecule has 1 aromatic carbocycles. The predicted octanol–water partition coefficient (Wildman–Crippen LogP) is 1.12. The van der Waals surface area contributed by atoms with Crippen LogP contribution in [0.4, 0.5) is 8.78 Å². The number of halogens is 2. The normalized spacial score (nSPS) is 23.1. The topological polar surface area (TPSA) is 57.6 Å². The van der Waals surface area contributed by atoms with Crippen molar-refractivity contribution < 1.29 is 22.3 Å². The van der Waals surface area contributed by atoms with E-state index in [4.69, 9.17) is 0 Å². The fourth-order valence-corrected chi connectivity index (χ4v) is 4.18. The molecule has 0 aliphatic carbocycles. The van der Waals surface area contributed by atoms with E-state index >= 15 is 0 Å². The Balaban J connectivity index is 2.00. The molecular weight excluding hydrogens is 288 g/mol. The van der Waals surface area contributed by atoms with Crippen LogP contribution in [-0.4, -0.2) is 49.6 Å². The Kier molecular flexibility index (Phi) is 4.41. The van der Waals surface area contributed by atoms with Gasteiger partial charge in [-0.15, -0.1) is 0 Å². The minimum atomic E-state index is -2.99. The third-order valence-electron chi connectivity index (χ3n) is 3.62. The molecule has 0 saturated carbocycles. The average Bonchev–Trinajstić information content (AvgIpc) is 2.73. The highest BCUT2D eigenvalue weighted by Crippen LogP contribution is 2.21. The van der Waals surface area contributed by atoms with Crippen LogP contribution in [0.25, 0.3) is 0 Å². The number of hydrogen-bond acceptors (Lipinski definition) is 4. The molecule has 2 atom stereocenters. The van der Waals surface area contributed by atoms with Crippen molar-refractivity contribution in [2.45, 2.75) is 18.6 Å². The van der Waals surface area contributed by atoms with Crippen molar-refractivity contribution >= 4 is 9.84 Å². The molecular formula is C13H17F2NO3S. The molecule has 1 saturated heterocycles. The predicted molar refractivity (Wildman–Crippen MR) is 71.0 cm³/mol. The maximum atomic E-state index is 13.1. The summed E-state index contributed by atoms with van der Waals surface area (Å²) >= 11 is 0. The van der Waals surface area contributed by atoms with Gasteiger partial charge in [0, 0.05) is 12.6 Å². The zero-order valence-corrected chi connectivity index (χ0v) is 11.9. The Hall–Kier alpha value is -1.05. The molecule has 1 aromatic rings. The van der Waals surface area contributed by atoms with Crippen LogP contribution in [0.1, 0.15) is 18.1 Å². The highest BCUT2D eigenvalue weighted by molar-refractivity contribution is 7.91. The summed E-state index contributed by atoms with van der Waals surface area (Å²) in [5.74, 6) is -1.74. The SMILES string of the molecule is CN(C[C@@H](O)c1ccc(F)c(F)c1)[C@H]1CCS(=O)(=O)C1. The van der Waals surface area contributed by atoms with Crippen LogP contribution >= 0.6 is 0 Å². The van der Waals surface area contributed by atoms with Crippen LogP contribution in [0, 0.1) is 11.6 Å². The van der Waals surface area contributed by atoms with E-state index in [0.717, 1.165) is 12.1 Å². The maximum absolute atomic E-state index is 13.1. The van der Waals surface area contributed by atoms with Gasteiger partial charge in [0.2, 0.25) is 0 Å². The van der Waals surface area contributed by atoms with E-state index in [1.54, 1.807) is 11.9 Å². The summed E-state index contributed by atoms with van der Waals surface area (Å²) in [6.45, 7) is 0.172. The second-order valence-electron chi connectivity index (χ2n) is 5.19. The van der Waals surface area contributed by atoms with Crippen LogP contribution in [-0.2, 0) is 9.84 Å². The van der Waals surface area contributed by atoms with Crippen LogP contribution in [0.15, 0.2) is 18.2 Å². The fourth-order valence-electron chi connectivity index (χ4n) is 2.37. The number of aliphatic hydroxyl groups is 1. The van der Waals surface area contributed by atoms with Crippen LogP contribution in [0.3, 0.4) is 0 Å². The molecule has 0 bridgehead atoms. The van der Waals surface area contributed by atoms with E-state index in [1.807, 2.05) is 0 Å². The van der Waals surface area contributed by atoms with Crippen molar-refractivity contribution in [3.63, 3.8) is 0 Å². The Labute approximate surface area is 116 Å². The van der Waals surface area contributed by atoms with Crippen LogP contribution < -0.4 is 0 Å². The van der Waals surface area contributed by atoms with Gasteiger partial charge in [0.25, 0.3) is 0 Å². The molecule has 112 valence electrons. The third kappa shape index (κ3) is 3.53. The average molecular weight is 305 g/mol. The number of rotatable bonds is 4. The smallest absolute Gasteiger partial charge is 0.159 e. The lowest BCUT2D eigenvalue weighted by atomic mass is 10.1. The largest absolute Gasteiger partial charge is 0.387 e. The number of benzene rings is 1. The molecule has 7 heteroatoms. The lowest BCUT2D eigenvalue weighted by Crippen LogP contribution is -2.35. The first-order chi connectivity index (χ1) is 9.28. The minimum absolute atomic E-state index is 0.0774. The second-order valence-corrected chi connectivity index (χ2v) is 7.41. The van der Waals surface area contributed by atoms with Crippen LogP contribution in [0.5, 0.6) is 0 Å². The van der Waals surface area contributed by atoms with Crippen molar-refractivity contribution in [3.05, 3.63) is 35.4 Å². The standard InChI is InChI=1S/C13H17F2NO3S/c1-16(10-4-5-20(18,19)8-10)7-13(17)9-2-3-11(14)12(15)6-9/h2-3,6,10,13,17H,4-5,7-8H2,1H3/t10-,13+/m0/s1. The summed E-state index contributed by atoms with van der Waals surface area (Å²) < 4.78 is 48.7. The highest BCUT2D eigenvalue weighted by Gasteiger charge is 2.31. The molecule has 0 aromatic heterocycles. The van der Waals surface area contributed by atoms with Gasteiger partial charge in [0.1, 0.15) is 0 Å². The van der Waals surface area contributed by atoms with Gasteiger partial charge in [0.05, 0.1) is 17.6 Å². The van der Waals surface area contributed by atoms with E-state index in [9.17, 15) is 22.3 Å². The molecule has 2 rings (SSSR count). The molecule has 1 aliphatic rings. The number of likely N-dealkylation sites (N-methyl/N-ethyl adjacent to an activating group) is 1. The molecule has 4 nitrogen and oxygen atoms in total. The number of hydrogen-bond donors (Lipinski definition) is 1. The van der Waals surface area contributed by atoms with Gasteiger partial charge < -0.3 is 5.11 Å². The molecule has 1 heterocycles. The zero-order chi connectivity index (χ0) is 14.9. The Morgan fingerprint density at radius 3 is 2.65 bits per heavy atom. The van der Waals surface area contributed by atoms with Crippen molar-refractivity contribution in [1.29, 1.82) is 0 Å². The monoisotopic (exact) mass is 305 g/mol. The van der Waals surface area contributed by atoms with E-state index in [-0.39, 0.29) is 29.7 Å². The molecule has 0 amide bonds. The van der Waals surface area contributed by atoms with Gasteiger partial charge in [-0.1, -0.05) is 6.07 Å². The van der Waals surface area contributed by atoms with Gasteiger partial charge in [-0.2, -0.15) is 0 Å². The van der Waals surface area contributed by atoms with Crippen molar-refractivity contribution in [2.75, 3.05) is 25.1 Å². The number of sulfone groups is 1. The van der Waals surface area contributed by atoms with Gasteiger partial charge in [0.15, 0.2) is 21.5 Å². The molecule has 20 heavy (non-hydrogen) atoms. The lowest BCUT2D eigenvalue weighted by molar-refractivity contribution is 0.109. The van der Waals surface area contributed by atoms with Crippen molar-refractivity contribution in [1.82, 2.24) is 4.90 Å². The summed E-state index contributed by atoms with van der Waals surface area (Å²) in [6.07, 6.45) is -0.457. The molecule has 0 spiro atoms. The Bertz CT molecular complexity index is 591. The number of nitrogens with zero attached hydrogens (tertiary/aromatic N) is 1. The molecule has 1 aliphatic heterocycles. The second kappa shape index (κ2) is 5.75. The Morgan fingerprint density at radius 1 is 1.40 bits per heavy atom. The van der Waals surface area contributed by atoms with E-state index < -0.39 is 27.6 Å². The summed E-state index contributed by atoms with van der Waals surface area (Å²) in [5.41, 5.74) is 0.275. The first-order valence-electron chi connectivity index (χ1n) is 6.32. The quantitative estimate of drug-likeness (QED) is 0.905. The lowest BCUT2D eigenvalue weighted by Gasteiger charge is -2.25. The third-order valence-corrected chi connectivity index (χ3v) is 5.37. The number of aliphatic hydroxyl groups excluding tert-OH is 1. The van der Waals surface area contributed by atoms with Gasteiger partial charge >= 0.3 is 0 Å². The van der Waals surface area contributed by atoms with E-state index in [2.05, 4.69) is 0 Å². The van der Waals surface area contributed by atoms with Crippen LogP contribution in [0.2, 0.25) is 0 Å². The maximum Gasteiger partial charge on any atom is 0.159 e. The van der Waals surface area contributed by atoms with E-state index in [1.165, 1.54) is 6.07 Å². The summed E-state index contributed by atoms with van der Waals surface area (Å²) in [6, 6.07) is 3.11. The van der Waals surface area contributed by atoms with Crippen molar-refractivity contribution in [3.8, 4) is 0 Å². The molecule has 1 fully saturated rings. The summed E-state index contributed by atoms with van der Waals surface area (Å²) in [4.78, 5) is 1.75. The van der Waals surface area contributed by atoms with Gasteiger partial charge in [-0.05, 0) is 31.2 Å². The Morgan fingerprint density at radius 2 is 2.10 bits per heavy atom. The minimum Gasteiger partial charge on any atom is -0.387 e. The van der Waals surface area contributed by atoms with Gasteiger partial charge in [-0.25, -0.2) is 17.2 Å². The van der Waals surface area contributed by atoms with Gasteiger partial charge in [-0.3, -0.25) is 4.90 Å². The highest BCUT2D eigenvalue weighted by atomic mass is 32.2. The van der Waals surface area contributed by atoms with Crippen molar-refractivity contribution in [2.24, 2.45) is 0 Å². The first kappa shape index (κ1) is 15.3. The summed E-state index contributed by atoms with van der Waals surface area (Å²) in [7, 11) is -1.27. The zero-order valence-electron chi connectivity index (χ0n) is 11.1. The molecule has 0 unspecified atom stereocenters.